The minimum atomic E-state index is -0.125. The van der Waals surface area contributed by atoms with E-state index in [0.717, 1.165) is 37.4 Å². The number of fused-ring (bicyclic) bond motifs is 1. The Bertz CT molecular complexity index is 1520. The number of halogens is 2. The lowest BCUT2D eigenvalue weighted by Gasteiger charge is -2.42. The number of anilines is 1. The molecule has 1 atom stereocenters. The summed E-state index contributed by atoms with van der Waals surface area (Å²) < 4.78 is 3.51. The number of hydrogen-bond donors (Lipinski definition) is 0. The molecule has 1 aliphatic carbocycles. The van der Waals surface area contributed by atoms with Crippen LogP contribution < -0.4 is 10.5 Å². The summed E-state index contributed by atoms with van der Waals surface area (Å²) in [6, 6.07) is 15.5. The highest BCUT2D eigenvalue weighted by Crippen LogP contribution is 2.50. The summed E-state index contributed by atoms with van der Waals surface area (Å²) in [5.41, 5.74) is 3.15. The second-order valence-electron chi connectivity index (χ2n) is 10.7. The third-order valence-corrected chi connectivity index (χ3v) is 9.56. The van der Waals surface area contributed by atoms with E-state index in [4.69, 9.17) is 33.3 Å². The van der Waals surface area contributed by atoms with Crippen molar-refractivity contribution in [2.75, 3.05) is 18.0 Å². The molecule has 6 nitrogen and oxygen atoms in total. The van der Waals surface area contributed by atoms with E-state index in [9.17, 15) is 4.79 Å². The van der Waals surface area contributed by atoms with E-state index in [0.29, 0.717) is 50.2 Å². The fourth-order valence-electron chi connectivity index (χ4n) is 6.47. The van der Waals surface area contributed by atoms with Crippen molar-refractivity contribution in [3.63, 3.8) is 0 Å². The summed E-state index contributed by atoms with van der Waals surface area (Å²) in [6.45, 7) is 4.71. The molecule has 3 heterocycles. The molecule has 1 aliphatic heterocycles. The molecule has 2 aromatic heterocycles. The topological polar surface area (TPSA) is 56.0 Å². The van der Waals surface area contributed by atoms with Crippen molar-refractivity contribution in [2.45, 2.75) is 45.6 Å². The van der Waals surface area contributed by atoms with Crippen molar-refractivity contribution < 1.29 is 0 Å². The van der Waals surface area contributed by atoms with Crippen LogP contribution in [0.3, 0.4) is 0 Å². The highest BCUT2D eigenvalue weighted by Gasteiger charge is 2.42. The number of nitrogens with zero attached hydrogens (tertiary/aromatic N) is 5. The molecule has 2 aromatic carbocycles. The van der Waals surface area contributed by atoms with Crippen molar-refractivity contribution in [3.05, 3.63) is 74.5 Å². The number of rotatable bonds is 4. The van der Waals surface area contributed by atoms with Gasteiger partial charge in [-0.05, 0) is 42.2 Å². The van der Waals surface area contributed by atoms with Gasteiger partial charge in [0.1, 0.15) is 5.39 Å². The Balaban J connectivity index is 1.47. The smallest absolute Gasteiger partial charge is 0.266 e. The molecule has 2 fully saturated rings. The van der Waals surface area contributed by atoms with Gasteiger partial charge in [-0.2, -0.15) is 10.1 Å². The summed E-state index contributed by atoms with van der Waals surface area (Å²) in [7, 11) is 1.81. The monoisotopic (exact) mass is 535 g/mol. The number of benzene rings is 2. The Morgan fingerprint density at radius 2 is 1.78 bits per heavy atom. The van der Waals surface area contributed by atoms with Gasteiger partial charge in [-0.25, -0.2) is 0 Å². The van der Waals surface area contributed by atoms with Gasteiger partial charge in [-0.1, -0.05) is 85.4 Å². The van der Waals surface area contributed by atoms with Gasteiger partial charge in [0.25, 0.3) is 5.56 Å². The second-order valence-corrected chi connectivity index (χ2v) is 11.5. The van der Waals surface area contributed by atoms with Crippen LogP contribution in [0.5, 0.6) is 0 Å². The number of aromatic nitrogens is 4. The van der Waals surface area contributed by atoms with Crippen LogP contribution in [-0.2, 0) is 13.6 Å². The Kier molecular flexibility index (Phi) is 6.28. The average molecular weight is 537 g/mol. The van der Waals surface area contributed by atoms with E-state index in [-0.39, 0.29) is 5.56 Å². The van der Waals surface area contributed by atoms with Crippen LogP contribution in [0.25, 0.3) is 22.3 Å². The third-order valence-electron chi connectivity index (χ3n) is 8.74. The molecule has 4 aromatic rings. The van der Waals surface area contributed by atoms with Crippen molar-refractivity contribution >= 4 is 40.2 Å². The molecule has 1 saturated carbocycles. The summed E-state index contributed by atoms with van der Waals surface area (Å²) >= 11 is 13.1. The van der Waals surface area contributed by atoms with Crippen molar-refractivity contribution in [1.82, 2.24) is 19.3 Å². The maximum atomic E-state index is 13.9. The lowest BCUT2D eigenvalue weighted by molar-refractivity contribution is 0.161. The van der Waals surface area contributed by atoms with E-state index in [1.165, 1.54) is 19.3 Å². The van der Waals surface area contributed by atoms with Gasteiger partial charge < -0.3 is 4.90 Å². The van der Waals surface area contributed by atoms with Gasteiger partial charge in [0.15, 0.2) is 5.65 Å². The molecule has 6 rings (SSSR count). The first-order valence-corrected chi connectivity index (χ1v) is 13.8. The van der Waals surface area contributed by atoms with E-state index in [2.05, 4.69) is 11.8 Å². The van der Waals surface area contributed by atoms with Gasteiger partial charge in [0.2, 0.25) is 5.95 Å². The van der Waals surface area contributed by atoms with Gasteiger partial charge in [0.05, 0.1) is 22.3 Å². The summed E-state index contributed by atoms with van der Waals surface area (Å²) in [4.78, 5) is 21.2. The fraction of sp³-hybridized carbons (Fsp3) is 0.414. The van der Waals surface area contributed by atoms with Gasteiger partial charge in [-0.15, -0.1) is 0 Å². The molecule has 0 radical (unpaired) electrons. The van der Waals surface area contributed by atoms with Crippen LogP contribution in [0.4, 0.5) is 5.95 Å². The minimum absolute atomic E-state index is 0.125. The van der Waals surface area contributed by atoms with Crippen LogP contribution in [0.1, 0.15) is 44.6 Å². The standard InChI is InChI=1S/C29H31Cl2N5O/c1-19-8-7-13-29(19)14-16-35(17-15-29)28-32-26-23(27(37)34(28)2)25(21-11-6-12-22(30)24(21)31)36(33-26)18-20-9-4-3-5-10-20/h3-6,9-12,19H,7-8,13-18H2,1-2H3/t19-/m1/s1. The Hall–Kier alpha value is -2.83. The molecule has 0 amide bonds. The third kappa shape index (κ3) is 4.15. The van der Waals surface area contributed by atoms with Crippen LogP contribution in [-0.4, -0.2) is 32.4 Å². The second kappa shape index (κ2) is 9.48. The lowest BCUT2D eigenvalue weighted by Crippen LogP contribution is -2.43. The largest absolute Gasteiger partial charge is 0.342 e. The Morgan fingerprint density at radius 3 is 2.49 bits per heavy atom. The van der Waals surface area contributed by atoms with Crippen LogP contribution in [0, 0.1) is 11.3 Å². The summed E-state index contributed by atoms with van der Waals surface area (Å²) in [6.07, 6.45) is 6.27. The van der Waals surface area contributed by atoms with Gasteiger partial charge in [-0.3, -0.25) is 14.0 Å². The van der Waals surface area contributed by atoms with Crippen LogP contribution in [0.2, 0.25) is 10.0 Å². The summed E-state index contributed by atoms with van der Waals surface area (Å²) in [5.74, 6) is 1.46. The predicted molar refractivity (Wildman–Crippen MR) is 151 cm³/mol. The average Bonchev–Trinajstić information content (AvgIpc) is 3.44. The highest BCUT2D eigenvalue weighted by molar-refractivity contribution is 6.43. The quantitative estimate of drug-likeness (QED) is 0.297. The molecule has 8 heteroatoms. The molecule has 192 valence electrons. The zero-order chi connectivity index (χ0) is 25.7. The first-order chi connectivity index (χ1) is 17.9. The van der Waals surface area contributed by atoms with Crippen LogP contribution in [0.15, 0.2) is 53.3 Å². The Morgan fingerprint density at radius 1 is 1.03 bits per heavy atom. The minimum Gasteiger partial charge on any atom is -0.342 e. The maximum absolute atomic E-state index is 13.9. The molecule has 0 N–H and O–H groups in total. The van der Waals surface area contributed by atoms with E-state index in [1.54, 1.807) is 10.6 Å². The normalized spacial score (nSPS) is 19.2. The molecule has 0 unspecified atom stereocenters. The molecule has 2 aliphatic rings. The zero-order valence-electron chi connectivity index (χ0n) is 21.3. The molecule has 37 heavy (non-hydrogen) atoms. The molecular formula is C29H31Cl2N5O. The molecular weight excluding hydrogens is 505 g/mol. The van der Waals surface area contributed by atoms with Gasteiger partial charge >= 0.3 is 0 Å². The summed E-state index contributed by atoms with van der Waals surface area (Å²) in [5, 5.41) is 6.16. The molecule has 1 saturated heterocycles. The lowest BCUT2D eigenvalue weighted by atomic mass is 9.71. The number of hydrogen-bond acceptors (Lipinski definition) is 4. The zero-order valence-corrected chi connectivity index (χ0v) is 22.8. The van der Waals surface area contributed by atoms with Gasteiger partial charge in [0, 0.05) is 25.7 Å². The highest BCUT2D eigenvalue weighted by atomic mass is 35.5. The first kappa shape index (κ1) is 24.5. The predicted octanol–water partition coefficient (Wildman–Crippen LogP) is 6.56. The maximum Gasteiger partial charge on any atom is 0.266 e. The van der Waals surface area contributed by atoms with Crippen LogP contribution >= 0.6 is 23.2 Å². The van der Waals surface area contributed by atoms with Crippen molar-refractivity contribution in [2.24, 2.45) is 18.4 Å². The molecule has 1 spiro atoms. The molecule has 0 bridgehead atoms. The fourth-order valence-corrected chi connectivity index (χ4v) is 6.86. The van der Waals surface area contributed by atoms with E-state index < -0.39 is 0 Å². The van der Waals surface area contributed by atoms with Crippen molar-refractivity contribution in [1.29, 1.82) is 0 Å². The number of piperidine rings is 1. The first-order valence-electron chi connectivity index (χ1n) is 13.1. The van der Waals surface area contributed by atoms with E-state index in [1.807, 2.05) is 54.2 Å². The Labute approximate surface area is 226 Å². The SMILES string of the molecule is C[C@@H]1CCCC12CCN(c1nc3nn(Cc4ccccc4)c(-c4cccc(Cl)c4Cl)c3c(=O)n1C)CC2. The van der Waals surface area contributed by atoms with Crippen molar-refractivity contribution in [3.8, 4) is 11.3 Å². The van der Waals surface area contributed by atoms with E-state index >= 15 is 0 Å².